The molecule has 2 N–H and O–H groups in total. The monoisotopic (exact) mass is 563 g/mol. The molecule has 1 aliphatic rings. The van der Waals surface area contributed by atoms with Gasteiger partial charge < -0.3 is 10.6 Å². The van der Waals surface area contributed by atoms with E-state index in [1.165, 1.54) is 12.1 Å². The summed E-state index contributed by atoms with van der Waals surface area (Å²) in [5.74, 6) is -1.69. The number of halogens is 4. The summed E-state index contributed by atoms with van der Waals surface area (Å²) >= 11 is 21.6. The lowest BCUT2D eigenvalue weighted by molar-refractivity contribution is -0.120. The Kier molecular flexibility index (Phi) is 6.76. The van der Waals surface area contributed by atoms with E-state index < -0.39 is 11.8 Å². The van der Waals surface area contributed by atoms with Crippen LogP contribution in [0.1, 0.15) is 10.4 Å². The maximum absolute atomic E-state index is 12.9. The summed E-state index contributed by atoms with van der Waals surface area (Å²) in [6, 6.07) is 18.0. The van der Waals surface area contributed by atoms with E-state index in [0.717, 1.165) is 9.37 Å². The average molecular weight is 566 g/mol. The first-order valence-electron chi connectivity index (χ1n) is 9.42. The molecule has 1 aliphatic heterocycles. The van der Waals surface area contributed by atoms with Crippen LogP contribution in [0.5, 0.6) is 0 Å². The Morgan fingerprint density at radius 2 is 1.45 bits per heavy atom. The van der Waals surface area contributed by atoms with Crippen molar-refractivity contribution in [2.75, 3.05) is 15.5 Å². The van der Waals surface area contributed by atoms with Crippen molar-refractivity contribution in [3.8, 4) is 0 Å². The van der Waals surface area contributed by atoms with Crippen molar-refractivity contribution in [1.29, 1.82) is 0 Å². The van der Waals surface area contributed by atoms with Crippen molar-refractivity contribution < 1.29 is 14.4 Å². The highest BCUT2D eigenvalue weighted by Crippen LogP contribution is 2.35. The number of nitrogens with zero attached hydrogens (tertiary/aromatic N) is 1. The van der Waals surface area contributed by atoms with E-state index in [4.69, 9.17) is 34.8 Å². The van der Waals surface area contributed by atoms with E-state index in [1.807, 2.05) is 12.1 Å². The lowest BCUT2D eigenvalue weighted by Crippen LogP contribution is -2.32. The molecule has 1 heterocycles. The van der Waals surface area contributed by atoms with Gasteiger partial charge in [0, 0.05) is 26.4 Å². The average Bonchev–Trinajstić information content (AvgIpc) is 3.00. The minimum Gasteiger partial charge on any atom is -0.350 e. The number of nitrogens with one attached hydrogen (secondary N) is 2. The summed E-state index contributed by atoms with van der Waals surface area (Å²) in [6.07, 6.45) is 0. The Morgan fingerprint density at radius 1 is 0.818 bits per heavy atom. The van der Waals surface area contributed by atoms with Crippen LogP contribution in [-0.4, -0.2) is 17.7 Å². The maximum atomic E-state index is 12.9. The molecule has 33 heavy (non-hydrogen) atoms. The Balaban J connectivity index is 1.50. The van der Waals surface area contributed by atoms with Crippen molar-refractivity contribution in [3.63, 3.8) is 0 Å². The van der Waals surface area contributed by atoms with Crippen LogP contribution in [0, 0.1) is 0 Å². The lowest BCUT2D eigenvalue weighted by Gasteiger charge is -2.17. The van der Waals surface area contributed by atoms with Gasteiger partial charge in [-0.3, -0.25) is 14.4 Å². The fourth-order valence-electron chi connectivity index (χ4n) is 3.07. The highest BCUT2D eigenvalue weighted by atomic mass is 79.9. The zero-order chi connectivity index (χ0) is 23.7. The number of benzene rings is 3. The van der Waals surface area contributed by atoms with Crippen LogP contribution in [0.4, 0.5) is 17.1 Å². The van der Waals surface area contributed by atoms with Crippen LogP contribution in [0.15, 0.2) is 81.9 Å². The van der Waals surface area contributed by atoms with Gasteiger partial charge in [-0.2, -0.15) is 0 Å². The molecule has 0 atom stereocenters. The Bertz CT molecular complexity index is 1310. The van der Waals surface area contributed by atoms with Gasteiger partial charge in [-0.15, -0.1) is 0 Å². The zero-order valence-electron chi connectivity index (χ0n) is 16.5. The standard InChI is InChI=1S/C23H13BrCl3N3O3/c24-13-3-8-16(9-4-13)29-21(31)12-1-6-15(7-2-12)28-20-19(27)22(32)30(23(20)33)18-11-14(25)5-10-17(18)26/h1-11,28H,(H,29,31). The second-order valence-corrected chi connectivity index (χ2v) is 9.03. The molecule has 0 radical (unpaired) electrons. The normalized spacial score (nSPS) is 13.5. The first-order chi connectivity index (χ1) is 15.7. The number of hydrogen-bond donors (Lipinski definition) is 2. The van der Waals surface area contributed by atoms with Crippen molar-refractivity contribution >= 4 is 85.5 Å². The first-order valence-corrected chi connectivity index (χ1v) is 11.3. The summed E-state index contributed by atoms with van der Waals surface area (Å²) in [7, 11) is 0. The topological polar surface area (TPSA) is 78.5 Å². The van der Waals surface area contributed by atoms with E-state index in [2.05, 4.69) is 26.6 Å². The third-order valence-corrected chi connectivity index (χ3v) is 6.13. The molecule has 0 aromatic heterocycles. The number of carbonyl (C=O) groups is 3. The van der Waals surface area contributed by atoms with Gasteiger partial charge in [-0.05, 0) is 66.7 Å². The van der Waals surface area contributed by atoms with E-state index in [-0.39, 0.29) is 27.3 Å². The second-order valence-electron chi connectivity index (χ2n) is 6.89. The number of amides is 3. The number of imide groups is 1. The van der Waals surface area contributed by atoms with E-state index in [9.17, 15) is 14.4 Å². The summed E-state index contributed by atoms with van der Waals surface area (Å²) in [5, 5.41) is 5.84. The fraction of sp³-hybridized carbons (Fsp3) is 0. The van der Waals surface area contributed by atoms with Crippen molar-refractivity contribution in [1.82, 2.24) is 0 Å². The molecule has 10 heteroatoms. The molecule has 0 aliphatic carbocycles. The lowest BCUT2D eigenvalue weighted by atomic mass is 10.2. The Labute approximate surface area is 212 Å². The smallest absolute Gasteiger partial charge is 0.283 e. The molecule has 0 saturated carbocycles. The van der Waals surface area contributed by atoms with Crippen LogP contribution in [0.2, 0.25) is 10.0 Å². The summed E-state index contributed by atoms with van der Waals surface area (Å²) in [6.45, 7) is 0. The fourth-order valence-corrected chi connectivity index (χ4v) is 3.92. The quantitative estimate of drug-likeness (QED) is 0.349. The van der Waals surface area contributed by atoms with E-state index >= 15 is 0 Å². The molecule has 3 aromatic rings. The Morgan fingerprint density at radius 3 is 2.12 bits per heavy atom. The molecule has 0 saturated heterocycles. The van der Waals surface area contributed by atoms with Crippen molar-refractivity contribution in [2.24, 2.45) is 0 Å². The van der Waals surface area contributed by atoms with Gasteiger partial charge in [0.25, 0.3) is 17.7 Å². The molecule has 0 fully saturated rings. The van der Waals surface area contributed by atoms with Crippen molar-refractivity contribution in [3.05, 3.63) is 97.5 Å². The van der Waals surface area contributed by atoms with Gasteiger partial charge in [0.05, 0.1) is 10.7 Å². The third-order valence-electron chi connectivity index (χ3n) is 4.69. The molecule has 0 bridgehead atoms. The van der Waals surface area contributed by atoms with Crippen LogP contribution in [0.3, 0.4) is 0 Å². The highest BCUT2D eigenvalue weighted by molar-refractivity contribution is 9.10. The molecule has 6 nitrogen and oxygen atoms in total. The molecule has 0 unspecified atom stereocenters. The molecular formula is C23H13BrCl3N3O3. The molecule has 3 amide bonds. The molecule has 4 rings (SSSR count). The molecule has 0 spiro atoms. The number of carbonyl (C=O) groups excluding carboxylic acids is 3. The predicted octanol–water partition coefficient (Wildman–Crippen LogP) is 6.44. The van der Waals surface area contributed by atoms with Crippen LogP contribution >= 0.6 is 50.7 Å². The maximum Gasteiger partial charge on any atom is 0.283 e. The summed E-state index contributed by atoms with van der Waals surface area (Å²) < 4.78 is 0.903. The summed E-state index contributed by atoms with van der Waals surface area (Å²) in [4.78, 5) is 38.9. The van der Waals surface area contributed by atoms with Gasteiger partial charge in [0.1, 0.15) is 10.7 Å². The van der Waals surface area contributed by atoms with Gasteiger partial charge in [-0.25, -0.2) is 4.90 Å². The minimum atomic E-state index is -0.723. The van der Waals surface area contributed by atoms with Gasteiger partial charge >= 0.3 is 0 Å². The van der Waals surface area contributed by atoms with Gasteiger partial charge in [0.15, 0.2) is 0 Å². The SMILES string of the molecule is O=C(Nc1ccc(Br)cc1)c1ccc(NC2=C(Cl)C(=O)N(c3cc(Cl)ccc3Cl)C2=O)cc1. The zero-order valence-corrected chi connectivity index (χ0v) is 20.4. The minimum absolute atomic E-state index is 0.107. The second kappa shape index (κ2) is 9.57. The van der Waals surface area contributed by atoms with E-state index in [1.54, 1.807) is 42.5 Å². The van der Waals surface area contributed by atoms with Crippen molar-refractivity contribution in [2.45, 2.75) is 0 Å². The summed E-state index contributed by atoms with van der Waals surface area (Å²) in [5.41, 5.74) is 1.55. The molecule has 166 valence electrons. The third kappa shape index (κ3) is 4.91. The number of hydrogen-bond acceptors (Lipinski definition) is 4. The van der Waals surface area contributed by atoms with Crippen LogP contribution < -0.4 is 15.5 Å². The highest BCUT2D eigenvalue weighted by Gasteiger charge is 2.40. The van der Waals surface area contributed by atoms with Gasteiger partial charge in [0.2, 0.25) is 0 Å². The largest absolute Gasteiger partial charge is 0.350 e. The first kappa shape index (κ1) is 23.3. The van der Waals surface area contributed by atoms with E-state index in [0.29, 0.717) is 22.0 Å². The Hall–Kier alpha value is -2.84. The predicted molar refractivity (Wildman–Crippen MR) is 134 cm³/mol. The van der Waals surface area contributed by atoms with Gasteiger partial charge in [-0.1, -0.05) is 50.7 Å². The molecule has 3 aromatic carbocycles. The number of rotatable bonds is 5. The van der Waals surface area contributed by atoms with Crippen LogP contribution in [0.25, 0.3) is 0 Å². The van der Waals surface area contributed by atoms with Crippen LogP contribution in [-0.2, 0) is 9.59 Å². The number of anilines is 3. The molecular weight excluding hydrogens is 553 g/mol.